The highest BCUT2D eigenvalue weighted by Gasteiger charge is 2.13. The van der Waals surface area contributed by atoms with Crippen LogP contribution in [0, 0.1) is 0 Å². The van der Waals surface area contributed by atoms with E-state index in [0.29, 0.717) is 0 Å². The topological polar surface area (TPSA) is 8.82 Å². The predicted octanol–water partition coefficient (Wildman–Crippen LogP) is 12.0. The molecule has 0 aliphatic carbocycles. The molecule has 208 valence electrons. The molecule has 0 amide bonds. The van der Waals surface area contributed by atoms with Crippen molar-refractivity contribution in [3.63, 3.8) is 0 Å². The average Bonchev–Trinajstić information content (AvgIpc) is 3.74. The van der Waals surface area contributed by atoms with Gasteiger partial charge in [-0.15, -0.1) is 11.3 Å². The van der Waals surface area contributed by atoms with Crippen molar-refractivity contribution in [2.24, 2.45) is 0 Å². The fourth-order valence-electron chi connectivity index (χ4n) is 7.77. The Balaban J connectivity index is 1.46. The highest BCUT2D eigenvalue weighted by atomic mass is 32.1. The summed E-state index contributed by atoms with van der Waals surface area (Å²) in [5, 5.41) is 12.6. The summed E-state index contributed by atoms with van der Waals surface area (Å²) >= 11 is 1.88. The lowest BCUT2D eigenvalue weighted by atomic mass is 10.1. The highest BCUT2D eigenvalue weighted by Crippen LogP contribution is 2.39. The Morgan fingerprint density at radius 1 is 0.311 bits per heavy atom. The molecule has 2 nitrogen and oxygen atoms in total. The Morgan fingerprint density at radius 2 is 0.778 bits per heavy atom. The fourth-order valence-corrected chi connectivity index (χ4v) is 8.83. The second-order valence-corrected chi connectivity index (χ2v) is 13.3. The van der Waals surface area contributed by atoms with Gasteiger partial charge < -0.3 is 8.80 Å². The second kappa shape index (κ2) is 8.50. The SMILES string of the molecule is c1cc2cc(c1)c1ccc3c4ccccc4n(c4ccc5sc6ccc(cc6c5c4)n4c5ccccc5c5ccc2cc54)c3c1. The number of nitrogens with zero attached hydrogens (tertiary/aromatic N) is 2. The van der Waals surface area contributed by atoms with Gasteiger partial charge >= 0.3 is 0 Å². The molecule has 45 heavy (non-hydrogen) atoms. The molecule has 10 bridgehead atoms. The molecular formula is C42H24N2S. The van der Waals surface area contributed by atoms with E-state index in [4.69, 9.17) is 0 Å². The zero-order chi connectivity index (χ0) is 29.2. The van der Waals surface area contributed by atoms with Crippen LogP contribution < -0.4 is 0 Å². The molecular weight excluding hydrogens is 565 g/mol. The lowest BCUT2D eigenvalue weighted by Gasteiger charge is -2.02. The van der Waals surface area contributed by atoms with E-state index in [0.717, 1.165) is 0 Å². The minimum absolute atomic E-state index is 1.19. The quantitative estimate of drug-likeness (QED) is 0.167. The minimum Gasteiger partial charge on any atom is -0.309 e. The number of thiophene rings is 1. The third-order valence-electron chi connectivity index (χ3n) is 9.83. The van der Waals surface area contributed by atoms with Gasteiger partial charge in [0.2, 0.25) is 0 Å². The summed E-state index contributed by atoms with van der Waals surface area (Å²) in [6.45, 7) is 0. The van der Waals surface area contributed by atoms with E-state index in [1.807, 2.05) is 11.3 Å². The molecule has 0 saturated carbocycles. The van der Waals surface area contributed by atoms with Crippen molar-refractivity contribution in [1.29, 1.82) is 0 Å². The molecule has 0 saturated heterocycles. The first-order valence-electron chi connectivity index (χ1n) is 15.4. The van der Waals surface area contributed by atoms with Crippen molar-refractivity contribution in [2.45, 2.75) is 0 Å². The summed E-state index contributed by atoms with van der Waals surface area (Å²) in [5.74, 6) is 0. The number of aromatic nitrogens is 2. The summed E-state index contributed by atoms with van der Waals surface area (Å²) in [4.78, 5) is 0. The van der Waals surface area contributed by atoms with Gasteiger partial charge in [-0.2, -0.15) is 0 Å². The van der Waals surface area contributed by atoms with Crippen molar-refractivity contribution >= 4 is 108 Å². The number of rotatable bonds is 0. The first-order chi connectivity index (χ1) is 22.3. The third-order valence-corrected chi connectivity index (χ3v) is 11.0. The van der Waals surface area contributed by atoms with Gasteiger partial charge in [-0.1, -0.05) is 78.9 Å². The van der Waals surface area contributed by atoms with Crippen molar-refractivity contribution in [3.8, 4) is 0 Å². The molecule has 0 atom stereocenters. The van der Waals surface area contributed by atoms with Crippen molar-refractivity contribution in [3.05, 3.63) is 146 Å². The molecule has 0 radical (unpaired) electrons. The molecule has 3 heteroatoms. The molecule has 7 aromatic carbocycles. The number of benzene rings is 7. The van der Waals surface area contributed by atoms with Gasteiger partial charge in [0.15, 0.2) is 0 Å². The van der Waals surface area contributed by atoms with Gasteiger partial charge in [0.25, 0.3) is 0 Å². The molecule has 0 aliphatic heterocycles. The number of fused-ring (bicyclic) bond motifs is 16. The maximum Gasteiger partial charge on any atom is 0.0547 e. The molecule has 11 rings (SSSR count). The molecule has 11 aromatic rings. The molecule has 0 N–H and O–H groups in total. The second-order valence-electron chi connectivity index (χ2n) is 12.2. The predicted molar refractivity (Wildman–Crippen MR) is 195 cm³/mol. The largest absolute Gasteiger partial charge is 0.309 e. The van der Waals surface area contributed by atoms with Gasteiger partial charge in [0.05, 0.1) is 22.1 Å². The zero-order valence-electron chi connectivity index (χ0n) is 24.2. The molecule has 0 aliphatic rings. The van der Waals surface area contributed by atoms with Crippen molar-refractivity contribution in [1.82, 2.24) is 8.80 Å². The van der Waals surface area contributed by atoms with E-state index in [1.165, 1.54) is 96.4 Å². The first-order valence-corrected chi connectivity index (χ1v) is 16.2. The monoisotopic (exact) mass is 588 g/mol. The number of hydrogen-bond acceptors (Lipinski definition) is 1. The standard InChI is InChI=1S/C42H24N2S/c1-3-10-37-31(8-1)33-16-12-27-21-39(33)43(37)29-14-18-41-35(23-29)36-24-30(15-19-42(36)45-41)44-38-11-4-2-9-32(38)34-17-13-28(22-40(34)44)26-7-5-6-25(27)20-26/h1-24H. The maximum atomic E-state index is 2.45. The van der Waals surface area contributed by atoms with Crippen LogP contribution in [0.2, 0.25) is 0 Å². The maximum absolute atomic E-state index is 2.45. The van der Waals surface area contributed by atoms with E-state index < -0.39 is 0 Å². The number of hydrogen-bond donors (Lipinski definition) is 0. The van der Waals surface area contributed by atoms with Crippen LogP contribution in [0.5, 0.6) is 0 Å². The fraction of sp³-hybridized carbons (Fsp3) is 0. The van der Waals surface area contributed by atoms with Crippen LogP contribution in [0.15, 0.2) is 146 Å². The summed E-state index contributed by atoms with van der Waals surface area (Å²) in [6, 6.07) is 54.5. The Morgan fingerprint density at radius 3 is 1.31 bits per heavy atom. The highest BCUT2D eigenvalue weighted by molar-refractivity contribution is 7.25. The molecule has 0 spiro atoms. The van der Waals surface area contributed by atoms with Gasteiger partial charge in [-0.05, 0) is 88.3 Å². The van der Waals surface area contributed by atoms with E-state index in [9.17, 15) is 0 Å². The van der Waals surface area contributed by atoms with Crippen molar-refractivity contribution < 1.29 is 0 Å². The lowest BCUT2D eigenvalue weighted by Crippen LogP contribution is -1.85. The lowest BCUT2D eigenvalue weighted by molar-refractivity contribution is 1.34. The Kier molecular flexibility index (Phi) is 4.49. The van der Waals surface area contributed by atoms with Crippen LogP contribution in [-0.4, -0.2) is 8.80 Å². The summed E-state index contributed by atoms with van der Waals surface area (Å²) in [7, 11) is 0. The molecule has 4 aromatic heterocycles. The summed E-state index contributed by atoms with van der Waals surface area (Å²) in [5.41, 5.74) is 7.30. The Labute approximate surface area is 261 Å². The normalized spacial score (nSPS) is 12.4. The summed E-state index contributed by atoms with van der Waals surface area (Å²) in [6.07, 6.45) is 0. The Bertz CT molecular complexity index is 2890. The van der Waals surface area contributed by atoms with Gasteiger partial charge in [0, 0.05) is 52.8 Å². The Hall–Kier alpha value is -5.64. The van der Waals surface area contributed by atoms with Crippen LogP contribution in [0.4, 0.5) is 0 Å². The van der Waals surface area contributed by atoms with Crippen LogP contribution in [0.3, 0.4) is 0 Å². The zero-order valence-corrected chi connectivity index (χ0v) is 25.0. The van der Waals surface area contributed by atoms with E-state index in [1.54, 1.807) is 0 Å². The van der Waals surface area contributed by atoms with Crippen LogP contribution in [-0.2, 0) is 0 Å². The van der Waals surface area contributed by atoms with E-state index in [2.05, 4.69) is 154 Å². The first kappa shape index (κ1) is 23.8. The number of para-hydroxylation sites is 2. The average molecular weight is 589 g/mol. The van der Waals surface area contributed by atoms with E-state index >= 15 is 0 Å². The van der Waals surface area contributed by atoms with Crippen LogP contribution in [0.25, 0.3) is 96.4 Å². The van der Waals surface area contributed by atoms with Gasteiger partial charge in [0.1, 0.15) is 0 Å². The molecule has 0 unspecified atom stereocenters. The van der Waals surface area contributed by atoms with Crippen LogP contribution >= 0.6 is 11.3 Å². The van der Waals surface area contributed by atoms with Gasteiger partial charge in [-0.25, -0.2) is 0 Å². The summed E-state index contributed by atoms with van der Waals surface area (Å²) < 4.78 is 7.53. The van der Waals surface area contributed by atoms with Crippen LogP contribution in [0.1, 0.15) is 0 Å². The third kappa shape index (κ3) is 3.18. The smallest absolute Gasteiger partial charge is 0.0547 e. The minimum atomic E-state index is 1.19. The van der Waals surface area contributed by atoms with Gasteiger partial charge in [-0.3, -0.25) is 0 Å². The molecule has 4 heterocycles. The van der Waals surface area contributed by atoms with E-state index in [-0.39, 0.29) is 0 Å². The molecule has 0 fully saturated rings. The van der Waals surface area contributed by atoms with Crippen molar-refractivity contribution in [2.75, 3.05) is 0 Å².